The summed E-state index contributed by atoms with van der Waals surface area (Å²) < 4.78 is 6.11. The van der Waals surface area contributed by atoms with Gasteiger partial charge in [-0.25, -0.2) is 0 Å². The van der Waals surface area contributed by atoms with Gasteiger partial charge in [-0.05, 0) is 44.9 Å². The van der Waals surface area contributed by atoms with Crippen molar-refractivity contribution in [3.05, 3.63) is 33.3 Å². The highest BCUT2D eigenvalue weighted by Gasteiger charge is 2.22. The van der Waals surface area contributed by atoms with Gasteiger partial charge >= 0.3 is 5.97 Å². The summed E-state index contributed by atoms with van der Waals surface area (Å²) in [6.45, 7) is 5.43. The zero-order chi connectivity index (χ0) is 13.9. The first-order chi connectivity index (χ1) is 8.19. The lowest BCUT2D eigenvalue weighted by atomic mass is 10.1. The maximum Gasteiger partial charge on any atom is 0.323 e. The largest absolute Gasteiger partial charge is 0.459 e. The first kappa shape index (κ1) is 15.5. The minimum absolute atomic E-state index is 0.362. The summed E-state index contributed by atoms with van der Waals surface area (Å²) in [6.07, 6.45) is 0.362. The molecule has 0 aliphatic carbocycles. The van der Waals surface area contributed by atoms with Crippen molar-refractivity contribution in [2.45, 2.75) is 38.8 Å². The number of rotatable bonds is 3. The van der Waals surface area contributed by atoms with Gasteiger partial charge in [0.05, 0.1) is 0 Å². The Morgan fingerprint density at radius 3 is 2.61 bits per heavy atom. The van der Waals surface area contributed by atoms with E-state index in [-0.39, 0.29) is 0 Å². The van der Waals surface area contributed by atoms with Gasteiger partial charge in [-0.3, -0.25) is 4.79 Å². The number of benzene rings is 1. The third-order valence-electron chi connectivity index (χ3n) is 2.16. The van der Waals surface area contributed by atoms with E-state index in [4.69, 9.17) is 22.1 Å². The zero-order valence-electron chi connectivity index (χ0n) is 10.7. The molecule has 0 aliphatic rings. The molecule has 0 bridgehead atoms. The maximum atomic E-state index is 11.7. The van der Waals surface area contributed by atoms with Crippen molar-refractivity contribution in [3.63, 3.8) is 0 Å². The number of halogens is 2. The van der Waals surface area contributed by atoms with Crippen molar-refractivity contribution in [2.24, 2.45) is 5.73 Å². The van der Waals surface area contributed by atoms with E-state index in [1.807, 2.05) is 32.9 Å². The first-order valence-electron chi connectivity index (χ1n) is 5.61. The summed E-state index contributed by atoms with van der Waals surface area (Å²) in [5.41, 5.74) is 6.12. The van der Waals surface area contributed by atoms with Crippen LogP contribution >= 0.6 is 27.5 Å². The summed E-state index contributed by atoms with van der Waals surface area (Å²) >= 11 is 9.40. The molecule has 0 heterocycles. The average molecular weight is 335 g/mol. The van der Waals surface area contributed by atoms with Crippen molar-refractivity contribution in [2.75, 3.05) is 0 Å². The molecule has 5 heteroatoms. The SMILES string of the molecule is CC(C)(C)OC(=O)C(N)Cc1ccc(Br)cc1Cl. The Bertz CT molecular complexity index is 443. The molecule has 1 rings (SSSR count). The summed E-state index contributed by atoms with van der Waals surface area (Å²) in [5, 5.41) is 0.586. The van der Waals surface area contributed by atoms with Crippen molar-refractivity contribution < 1.29 is 9.53 Å². The molecule has 0 spiro atoms. The number of nitrogens with two attached hydrogens (primary N) is 1. The van der Waals surface area contributed by atoms with Gasteiger partial charge in [0.1, 0.15) is 11.6 Å². The van der Waals surface area contributed by atoms with Crippen LogP contribution in [0.3, 0.4) is 0 Å². The lowest BCUT2D eigenvalue weighted by molar-refractivity contribution is -0.156. The topological polar surface area (TPSA) is 52.3 Å². The van der Waals surface area contributed by atoms with Crippen LogP contribution in [0.15, 0.2) is 22.7 Å². The molecular weight excluding hydrogens is 318 g/mol. The predicted molar refractivity (Wildman–Crippen MR) is 76.7 cm³/mol. The van der Waals surface area contributed by atoms with Crippen molar-refractivity contribution in [3.8, 4) is 0 Å². The quantitative estimate of drug-likeness (QED) is 0.863. The summed E-state index contributed by atoms with van der Waals surface area (Å²) in [6, 6.07) is 4.78. The fourth-order valence-corrected chi connectivity index (χ4v) is 2.14. The van der Waals surface area contributed by atoms with Gasteiger partial charge in [-0.2, -0.15) is 0 Å². The zero-order valence-corrected chi connectivity index (χ0v) is 13.0. The first-order valence-corrected chi connectivity index (χ1v) is 6.78. The van der Waals surface area contributed by atoms with Crippen LogP contribution in [0.1, 0.15) is 26.3 Å². The Morgan fingerprint density at radius 2 is 2.11 bits per heavy atom. The van der Waals surface area contributed by atoms with Crippen LogP contribution in [0.25, 0.3) is 0 Å². The lowest BCUT2D eigenvalue weighted by Crippen LogP contribution is -2.38. The molecule has 0 radical (unpaired) electrons. The molecule has 0 saturated carbocycles. The lowest BCUT2D eigenvalue weighted by Gasteiger charge is -2.22. The number of ether oxygens (including phenoxy) is 1. The molecule has 1 atom stereocenters. The van der Waals surface area contributed by atoms with E-state index in [0.29, 0.717) is 11.4 Å². The molecule has 2 N–H and O–H groups in total. The Kier molecular flexibility index (Phi) is 5.20. The third kappa shape index (κ3) is 4.96. The molecule has 0 amide bonds. The normalized spacial score (nSPS) is 13.2. The molecule has 1 unspecified atom stereocenters. The number of carbonyl (C=O) groups is 1. The van der Waals surface area contributed by atoms with E-state index in [9.17, 15) is 4.79 Å². The van der Waals surface area contributed by atoms with E-state index in [1.165, 1.54) is 0 Å². The van der Waals surface area contributed by atoms with Crippen LogP contribution in [0, 0.1) is 0 Å². The Labute approximate surface area is 121 Å². The molecule has 1 aromatic carbocycles. The van der Waals surface area contributed by atoms with Crippen molar-refractivity contribution >= 4 is 33.5 Å². The second kappa shape index (κ2) is 6.04. The number of hydrogen-bond acceptors (Lipinski definition) is 3. The van der Waals surface area contributed by atoms with Gasteiger partial charge in [-0.15, -0.1) is 0 Å². The molecule has 1 aromatic rings. The van der Waals surface area contributed by atoms with E-state index in [1.54, 1.807) is 6.07 Å². The van der Waals surface area contributed by atoms with Gasteiger partial charge in [0.25, 0.3) is 0 Å². The fourth-order valence-electron chi connectivity index (χ4n) is 1.38. The number of esters is 1. The number of carbonyl (C=O) groups excluding carboxylic acids is 1. The highest BCUT2D eigenvalue weighted by Crippen LogP contribution is 2.22. The smallest absolute Gasteiger partial charge is 0.323 e. The van der Waals surface area contributed by atoms with Gasteiger partial charge in [0.15, 0.2) is 0 Å². The molecule has 0 fully saturated rings. The number of hydrogen-bond donors (Lipinski definition) is 1. The Balaban J connectivity index is 2.69. The maximum absolute atomic E-state index is 11.7. The Morgan fingerprint density at radius 1 is 1.50 bits per heavy atom. The highest BCUT2D eigenvalue weighted by molar-refractivity contribution is 9.10. The van der Waals surface area contributed by atoms with Crippen LogP contribution < -0.4 is 5.73 Å². The van der Waals surface area contributed by atoms with E-state index >= 15 is 0 Å². The van der Waals surface area contributed by atoms with Crippen LogP contribution in [0.4, 0.5) is 0 Å². The molecule has 18 heavy (non-hydrogen) atoms. The monoisotopic (exact) mass is 333 g/mol. The molecule has 100 valence electrons. The average Bonchev–Trinajstić information content (AvgIpc) is 2.19. The predicted octanol–water partition coefficient (Wildman–Crippen LogP) is 3.31. The second-order valence-electron chi connectivity index (χ2n) is 5.08. The Hall–Kier alpha value is -0.580. The standard InChI is InChI=1S/C13H17BrClNO2/c1-13(2,3)18-12(17)11(16)6-8-4-5-9(14)7-10(8)15/h4-5,7,11H,6,16H2,1-3H3. The minimum atomic E-state index is -0.706. The van der Waals surface area contributed by atoms with Crippen LogP contribution in [0.2, 0.25) is 5.02 Å². The minimum Gasteiger partial charge on any atom is -0.459 e. The molecule has 0 aromatic heterocycles. The van der Waals surface area contributed by atoms with Gasteiger partial charge in [-0.1, -0.05) is 33.6 Å². The van der Waals surface area contributed by atoms with E-state index in [0.717, 1.165) is 10.0 Å². The van der Waals surface area contributed by atoms with Gasteiger partial charge < -0.3 is 10.5 Å². The van der Waals surface area contributed by atoms with Crippen molar-refractivity contribution in [1.29, 1.82) is 0 Å². The summed E-state index contributed by atoms with van der Waals surface area (Å²) in [7, 11) is 0. The molecule has 3 nitrogen and oxygen atoms in total. The fraction of sp³-hybridized carbons (Fsp3) is 0.462. The van der Waals surface area contributed by atoms with Crippen LogP contribution in [-0.2, 0) is 16.0 Å². The highest BCUT2D eigenvalue weighted by atomic mass is 79.9. The third-order valence-corrected chi connectivity index (χ3v) is 3.01. The van der Waals surface area contributed by atoms with E-state index in [2.05, 4.69) is 15.9 Å². The van der Waals surface area contributed by atoms with Crippen molar-refractivity contribution in [1.82, 2.24) is 0 Å². The molecule has 0 aliphatic heterocycles. The summed E-state index contributed by atoms with van der Waals surface area (Å²) in [4.78, 5) is 11.7. The molecular formula is C13H17BrClNO2. The second-order valence-corrected chi connectivity index (χ2v) is 6.40. The summed E-state index contributed by atoms with van der Waals surface area (Å²) in [5.74, 6) is -0.415. The molecule has 0 saturated heterocycles. The van der Waals surface area contributed by atoms with Gasteiger partial charge in [0, 0.05) is 9.50 Å². The van der Waals surface area contributed by atoms with E-state index < -0.39 is 17.6 Å². The van der Waals surface area contributed by atoms with Crippen LogP contribution in [-0.4, -0.2) is 17.6 Å². The van der Waals surface area contributed by atoms with Gasteiger partial charge in [0.2, 0.25) is 0 Å². The van der Waals surface area contributed by atoms with Crippen LogP contribution in [0.5, 0.6) is 0 Å².